The molecule has 23 heavy (non-hydrogen) atoms. The van der Waals surface area contributed by atoms with Crippen LogP contribution in [0.3, 0.4) is 0 Å². The minimum absolute atomic E-state index is 0.00481. The van der Waals surface area contributed by atoms with Gasteiger partial charge >= 0.3 is 0 Å². The third-order valence-corrected chi connectivity index (χ3v) is 4.31. The van der Waals surface area contributed by atoms with E-state index < -0.39 is 0 Å². The maximum Gasteiger partial charge on any atom is 0.235 e. The van der Waals surface area contributed by atoms with E-state index in [1.807, 2.05) is 12.1 Å². The molecule has 0 atom stereocenters. The van der Waals surface area contributed by atoms with E-state index in [-0.39, 0.29) is 6.61 Å². The molecular weight excluding hydrogens is 409 g/mol. The summed E-state index contributed by atoms with van der Waals surface area (Å²) in [7, 11) is 0. The van der Waals surface area contributed by atoms with Gasteiger partial charge in [0.2, 0.25) is 5.95 Å². The Morgan fingerprint density at radius 3 is 2.87 bits per heavy atom. The van der Waals surface area contributed by atoms with E-state index in [1.54, 1.807) is 23.3 Å². The smallest absolute Gasteiger partial charge is 0.235 e. The molecule has 0 saturated carbocycles. The number of aliphatic hydroxyl groups excluding tert-OH is 1. The molecule has 0 spiro atoms. The molecule has 0 unspecified atom stereocenters. The highest BCUT2D eigenvalue weighted by molar-refractivity contribution is 14.1. The molecule has 1 aromatic carbocycles. The standard InChI is InChI=1S/C15H16IN5O2/c16-10-1-2-11-13(14(10)17)12(3-7-23-8-6-22)20-15(19-11)21-5-4-18-9-21/h1-2,4-5,9,22H,3,6-8,17H2. The first-order valence-corrected chi connectivity index (χ1v) is 8.20. The Morgan fingerprint density at radius 1 is 1.26 bits per heavy atom. The van der Waals surface area contributed by atoms with Crippen LogP contribution in [0.2, 0.25) is 0 Å². The second-order valence-electron chi connectivity index (χ2n) is 4.88. The van der Waals surface area contributed by atoms with E-state index >= 15 is 0 Å². The Bertz CT molecular complexity index is 807. The summed E-state index contributed by atoms with van der Waals surface area (Å²) in [6.45, 7) is 0.774. The summed E-state index contributed by atoms with van der Waals surface area (Å²) in [6.07, 6.45) is 5.72. The number of benzene rings is 1. The van der Waals surface area contributed by atoms with Crippen LogP contribution in [0.15, 0.2) is 30.9 Å². The molecule has 7 nitrogen and oxygen atoms in total. The van der Waals surface area contributed by atoms with E-state index in [9.17, 15) is 0 Å². The van der Waals surface area contributed by atoms with Crippen molar-refractivity contribution in [3.05, 3.63) is 40.1 Å². The number of nitrogens with two attached hydrogens (primary N) is 1. The van der Waals surface area contributed by atoms with Crippen molar-refractivity contribution in [3.8, 4) is 5.95 Å². The summed E-state index contributed by atoms with van der Waals surface area (Å²) in [4.78, 5) is 13.2. The van der Waals surface area contributed by atoms with Gasteiger partial charge in [-0.05, 0) is 34.7 Å². The molecule has 0 saturated heterocycles. The molecule has 2 aromatic heterocycles. The Kier molecular flexibility index (Phi) is 5.03. The van der Waals surface area contributed by atoms with Crippen molar-refractivity contribution >= 4 is 39.2 Å². The van der Waals surface area contributed by atoms with Crippen LogP contribution in [0.1, 0.15) is 5.69 Å². The molecule has 0 aliphatic rings. The van der Waals surface area contributed by atoms with Crippen LogP contribution in [0, 0.1) is 3.57 Å². The summed E-state index contributed by atoms with van der Waals surface area (Å²) >= 11 is 2.20. The zero-order valence-electron chi connectivity index (χ0n) is 12.3. The van der Waals surface area contributed by atoms with E-state index in [1.165, 1.54) is 0 Å². The van der Waals surface area contributed by atoms with Gasteiger partial charge in [0.05, 0.1) is 36.7 Å². The van der Waals surface area contributed by atoms with Gasteiger partial charge in [-0.1, -0.05) is 0 Å². The SMILES string of the molecule is Nc1c(I)ccc2nc(-n3ccnc3)nc(CCOCCO)c12. The quantitative estimate of drug-likeness (QED) is 0.353. The van der Waals surface area contributed by atoms with Crippen LogP contribution >= 0.6 is 22.6 Å². The van der Waals surface area contributed by atoms with E-state index in [4.69, 9.17) is 15.6 Å². The molecule has 0 aliphatic carbocycles. The number of anilines is 1. The Morgan fingerprint density at radius 2 is 2.13 bits per heavy atom. The van der Waals surface area contributed by atoms with E-state index in [0.717, 1.165) is 20.2 Å². The number of nitrogens with zero attached hydrogens (tertiary/aromatic N) is 4. The summed E-state index contributed by atoms with van der Waals surface area (Å²) in [5.74, 6) is 0.549. The van der Waals surface area contributed by atoms with Crippen molar-refractivity contribution in [2.75, 3.05) is 25.6 Å². The minimum atomic E-state index is 0.00481. The largest absolute Gasteiger partial charge is 0.397 e. The molecular formula is C15H16IN5O2. The Balaban J connectivity index is 2.06. The predicted molar refractivity (Wildman–Crippen MR) is 95.4 cm³/mol. The van der Waals surface area contributed by atoms with Crippen LogP contribution in [0.4, 0.5) is 5.69 Å². The molecule has 0 radical (unpaired) electrons. The van der Waals surface area contributed by atoms with Crippen LogP contribution in [-0.2, 0) is 11.2 Å². The third kappa shape index (κ3) is 3.43. The van der Waals surface area contributed by atoms with E-state index in [0.29, 0.717) is 31.3 Å². The first-order valence-electron chi connectivity index (χ1n) is 7.12. The van der Waals surface area contributed by atoms with Gasteiger partial charge in [0.15, 0.2) is 0 Å². The third-order valence-electron chi connectivity index (χ3n) is 3.37. The monoisotopic (exact) mass is 425 g/mol. The Labute approximate surface area is 146 Å². The van der Waals surface area contributed by atoms with Gasteiger partial charge in [-0.3, -0.25) is 4.57 Å². The highest BCUT2D eigenvalue weighted by Gasteiger charge is 2.13. The molecule has 3 rings (SSSR count). The fourth-order valence-electron chi connectivity index (χ4n) is 2.30. The molecule has 3 N–H and O–H groups in total. The highest BCUT2D eigenvalue weighted by Crippen LogP contribution is 2.28. The zero-order valence-corrected chi connectivity index (χ0v) is 14.5. The van der Waals surface area contributed by atoms with Gasteiger partial charge in [0, 0.05) is 27.8 Å². The number of rotatable bonds is 6. The summed E-state index contributed by atoms with van der Waals surface area (Å²) in [5.41, 5.74) is 8.53. The number of nitrogen functional groups attached to an aromatic ring is 1. The molecule has 8 heteroatoms. The molecule has 120 valence electrons. The van der Waals surface area contributed by atoms with Gasteiger partial charge in [0.1, 0.15) is 6.33 Å². The minimum Gasteiger partial charge on any atom is -0.397 e. The fourth-order valence-corrected chi connectivity index (χ4v) is 2.75. The summed E-state index contributed by atoms with van der Waals surface area (Å²) < 4.78 is 8.08. The lowest BCUT2D eigenvalue weighted by atomic mass is 10.1. The lowest BCUT2D eigenvalue weighted by Crippen LogP contribution is -2.09. The van der Waals surface area contributed by atoms with Crippen molar-refractivity contribution < 1.29 is 9.84 Å². The first kappa shape index (κ1) is 16.1. The van der Waals surface area contributed by atoms with Crippen molar-refractivity contribution in [3.63, 3.8) is 0 Å². The maximum atomic E-state index is 8.80. The number of imidazole rings is 1. The number of fused-ring (bicyclic) bond motifs is 1. The van der Waals surface area contributed by atoms with Crippen molar-refractivity contribution in [2.45, 2.75) is 6.42 Å². The first-order chi connectivity index (χ1) is 11.2. The number of aromatic nitrogens is 4. The molecule has 3 aromatic rings. The number of hydrogen-bond acceptors (Lipinski definition) is 6. The van der Waals surface area contributed by atoms with Crippen LogP contribution in [-0.4, -0.2) is 44.4 Å². The number of halogens is 1. The Hall–Kier alpha value is -1.78. The zero-order chi connectivity index (χ0) is 16.2. The van der Waals surface area contributed by atoms with Crippen LogP contribution < -0.4 is 5.73 Å². The van der Waals surface area contributed by atoms with Gasteiger partial charge < -0.3 is 15.6 Å². The number of aliphatic hydroxyl groups is 1. The molecule has 0 fully saturated rings. The molecule has 0 amide bonds. The van der Waals surface area contributed by atoms with Crippen molar-refractivity contribution in [1.82, 2.24) is 19.5 Å². The number of ether oxygens (including phenoxy) is 1. The highest BCUT2D eigenvalue weighted by atomic mass is 127. The summed E-state index contributed by atoms with van der Waals surface area (Å²) in [5, 5.41) is 9.66. The molecule has 2 heterocycles. The fraction of sp³-hybridized carbons (Fsp3) is 0.267. The van der Waals surface area contributed by atoms with Crippen LogP contribution in [0.5, 0.6) is 0 Å². The molecule has 0 aliphatic heterocycles. The second-order valence-corrected chi connectivity index (χ2v) is 6.04. The average molecular weight is 425 g/mol. The summed E-state index contributed by atoms with van der Waals surface area (Å²) in [6, 6.07) is 3.88. The van der Waals surface area contributed by atoms with Crippen LogP contribution in [0.25, 0.3) is 16.9 Å². The average Bonchev–Trinajstić information content (AvgIpc) is 3.09. The lowest BCUT2D eigenvalue weighted by Gasteiger charge is -2.12. The topological polar surface area (TPSA) is 99.1 Å². The number of hydrogen-bond donors (Lipinski definition) is 2. The van der Waals surface area contributed by atoms with Gasteiger partial charge in [-0.25, -0.2) is 15.0 Å². The predicted octanol–water partition coefficient (Wildman–Crippen LogP) is 1.55. The maximum absolute atomic E-state index is 8.80. The van der Waals surface area contributed by atoms with Gasteiger partial charge in [-0.2, -0.15) is 0 Å². The van der Waals surface area contributed by atoms with Gasteiger partial charge in [0.25, 0.3) is 0 Å². The van der Waals surface area contributed by atoms with Crippen molar-refractivity contribution in [2.24, 2.45) is 0 Å². The van der Waals surface area contributed by atoms with Gasteiger partial charge in [-0.15, -0.1) is 0 Å². The molecule has 0 bridgehead atoms. The second kappa shape index (κ2) is 7.20. The lowest BCUT2D eigenvalue weighted by molar-refractivity contribution is 0.0942. The van der Waals surface area contributed by atoms with Crippen molar-refractivity contribution in [1.29, 1.82) is 0 Å². The van der Waals surface area contributed by atoms with E-state index in [2.05, 4.69) is 37.5 Å². The normalized spacial score (nSPS) is 11.2.